The minimum atomic E-state index is -0.479. The van der Waals surface area contributed by atoms with Crippen LogP contribution in [0.1, 0.15) is 15.2 Å². The second kappa shape index (κ2) is 9.70. The van der Waals surface area contributed by atoms with E-state index in [4.69, 9.17) is 14.2 Å². The topological polar surface area (TPSA) is 94.4 Å². The standard InChI is InChI=1S/C24H23N3O6S/c28-24(20-14-18(27(29)30)3-5-21(20)25-7-9-31-10-8-25)26(16-19-2-1-13-34-19)17-4-6-22-23(15-17)33-12-11-32-22/h1-6,13-15H,7-12,16H2. The average Bonchev–Trinajstić information content (AvgIpc) is 3.40. The van der Waals surface area contributed by atoms with Crippen molar-refractivity contribution in [1.82, 2.24) is 0 Å². The van der Waals surface area contributed by atoms with Gasteiger partial charge in [0.15, 0.2) is 11.5 Å². The van der Waals surface area contributed by atoms with Crippen LogP contribution in [-0.4, -0.2) is 50.3 Å². The summed E-state index contributed by atoms with van der Waals surface area (Å²) in [6, 6.07) is 13.7. The molecule has 9 nitrogen and oxygen atoms in total. The van der Waals surface area contributed by atoms with Gasteiger partial charge in [-0.05, 0) is 29.6 Å². The number of non-ortho nitro benzene ring substituents is 1. The van der Waals surface area contributed by atoms with Crippen molar-refractivity contribution < 1.29 is 23.9 Å². The number of nitrogens with zero attached hydrogens (tertiary/aromatic N) is 3. The van der Waals surface area contributed by atoms with Crippen molar-refractivity contribution in [3.05, 3.63) is 74.5 Å². The number of amides is 1. The summed E-state index contributed by atoms with van der Waals surface area (Å²) in [6.45, 7) is 3.50. The molecule has 1 amide bonds. The highest BCUT2D eigenvalue weighted by atomic mass is 32.1. The second-order valence-corrected chi connectivity index (χ2v) is 8.89. The number of morpholine rings is 1. The number of hydrogen-bond donors (Lipinski definition) is 0. The maximum absolute atomic E-state index is 14.1. The minimum Gasteiger partial charge on any atom is -0.486 e. The fourth-order valence-corrected chi connectivity index (χ4v) is 4.77. The van der Waals surface area contributed by atoms with Gasteiger partial charge in [-0.25, -0.2) is 0 Å². The minimum absolute atomic E-state index is 0.126. The molecule has 5 rings (SSSR count). The van der Waals surface area contributed by atoms with E-state index in [9.17, 15) is 14.9 Å². The lowest BCUT2D eigenvalue weighted by Crippen LogP contribution is -2.38. The Kier molecular flexibility index (Phi) is 6.33. The van der Waals surface area contributed by atoms with Crippen LogP contribution in [0.25, 0.3) is 0 Å². The van der Waals surface area contributed by atoms with E-state index in [1.54, 1.807) is 34.4 Å². The zero-order valence-corrected chi connectivity index (χ0v) is 19.2. The number of carbonyl (C=O) groups excluding carboxylic acids is 1. The maximum atomic E-state index is 14.1. The van der Waals surface area contributed by atoms with Crippen LogP contribution in [0.15, 0.2) is 53.9 Å². The van der Waals surface area contributed by atoms with Gasteiger partial charge in [0.25, 0.3) is 11.6 Å². The molecule has 2 aliphatic rings. The summed E-state index contributed by atoms with van der Waals surface area (Å²) in [5.41, 5.74) is 1.44. The summed E-state index contributed by atoms with van der Waals surface area (Å²) >= 11 is 1.54. The first-order chi connectivity index (χ1) is 16.6. The average molecular weight is 482 g/mol. The van der Waals surface area contributed by atoms with Gasteiger partial charge < -0.3 is 24.0 Å². The first kappa shape index (κ1) is 22.2. The molecule has 1 aromatic heterocycles. The van der Waals surface area contributed by atoms with Crippen molar-refractivity contribution in [2.24, 2.45) is 0 Å². The zero-order chi connectivity index (χ0) is 23.5. The monoisotopic (exact) mass is 481 g/mol. The number of nitro benzene ring substituents is 1. The third-order valence-electron chi connectivity index (χ3n) is 5.75. The number of rotatable bonds is 6. The fourth-order valence-electron chi connectivity index (χ4n) is 4.07. The summed E-state index contributed by atoms with van der Waals surface area (Å²) in [5.74, 6) is 0.873. The van der Waals surface area contributed by atoms with Crippen molar-refractivity contribution in [3.63, 3.8) is 0 Å². The van der Waals surface area contributed by atoms with Crippen LogP contribution in [0.5, 0.6) is 11.5 Å². The molecule has 176 valence electrons. The maximum Gasteiger partial charge on any atom is 0.270 e. The Labute approximate surface area is 200 Å². The molecule has 0 N–H and O–H groups in total. The highest BCUT2D eigenvalue weighted by molar-refractivity contribution is 7.09. The molecule has 10 heteroatoms. The van der Waals surface area contributed by atoms with Gasteiger partial charge in [0.1, 0.15) is 13.2 Å². The molecule has 3 heterocycles. The Balaban J connectivity index is 1.58. The number of ether oxygens (including phenoxy) is 3. The van der Waals surface area contributed by atoms with Crippen LogP contribution >= 0.6 is 11.3 Å². The summed E-state index contributed by atoms with van der Waals surface area (Å²) < 4.78 is 16.8. The third kappa shape index (κ3) is 4.55. The van der Waals surface area contributed by atoms with Crippen molar-refractivity contribution in [2.45, 2.75) is 6.54 Å². The van der Waals surface area contributed by atoms with Crippen LogP contribution in [-0.2, 0) is 11.3 Å². The van der Waals surface area contributed by atoms with Crippen LogP contribution < -0.4 is 19.3 Å². The predicted molar refractivity (Wildman–Crippen MR) is 128 cm³/mol. The largest absolute Gasteiger partial charge is 0.486 e. The molecule has 0 bridgehead atoms. The van der Waals surface area contributed by atoms with Crippen molar-refractivity contribution in [3.8, 4) is 11.5 Å². The molecule has 0 radical (unpaired) electrons. The van der Waals surface area contributed by atoms with E-state index in [0.29, 0.717) is 68.9 Å². The lowest BCUT2D eigenvalue weighted by molar-refractivity contribution is -0.384. The lowest BCUT2D eigenvalue weighted by atomic mass is 10.1. The Morgan fingerprint density at radius 2 is 1.82 bits per heavy atom. The van der Waals surface area contributed by atoms with Gasteiger partial charge >= 0.3 is 0 Å². The summed E-state index contributed by atoms with van der Waals surface area (Å²) in [6.07, 6.45) is 0. The van der Waals surface area contributed by atoms with Gasteiger partial charge in [-0.1, -0.05) is 6.07 Å². The van der Waals surface area contributed by atoms with E-state index in [2.05, 4.69) is 0 Å². The summed E-state index contributed by atoms with van der Waals surface area (Å²) in [5, 5.41) is 13.5. The molecule has 0 spiro atoms. The SMILES string of the molecule is O=C(c1cc([N+](=O)[O-])ccc1N1CCOCC1)N(Cc1cccs1)c1ccc2c(c1)OCCO2. The van der Waals surface area contributed by atoms with Gasteiger partial charge in [0, 0.05) is 41.9 Å². The molecule has 3 aromatic rings. The Hall–Kier alpha value is -3.63. The number of fused-ring (bicyclic) bond motifs is 1. The Morgan fingerprint density at radius 3 is 2.56 bits per heavy atom. The fraction of sp³-hybridized carbons (Fsp3) is 0.292. The molecule has 1 saturated heterocycles. The molecule has 0 unspecified atom stereocenters. The van der Waals surface area contributed by atoms with Gasteiger partial charge in [0.05, 0.1) is 35.9 Å². The van der Waals surface area contributed by atoms with Crippen molar-refractivity contribution in [1.29, 1.82) is 0 Å². The van der Waals surface area contributed by atoms with E-state index in [-0.39, 0.29) is 17.2 Å². The van der Waals surface area contributed by atoms with Crippen LogP contribution in [0, 0.1) is 10.1 Å². The van der Waals surface area contributed by atoms with E-state index in [0.717, 1.165) is 4.88 Å². The van der Waals surface area contributed by atoms with E-state index in [1.165, 1.54) is 12.1 Å². The number of nitro groups is 1. The number of hydrogen-bond acceptors (Lipinski definition) is 8. The van der Waals surface area contributed by atoms with Gasteiger partial charge in [-0.3, -0.25) is 14.9 Å². The quantitative estimate of drug-likeness (QED) is 0.386. The predicted octanol–water partition coefficient (Wildman–Crippen LogP) is 4.11. The number of thiophene rings is 1. The van der Waals surface area contributed by atoms with Crippen LogP contribution in [0.4, 0.5) is 17.1 Å². The molecule has 1 fully saturated rings. The Bertz CT molecular complexity index is 1190. The normalized spacial score (nSPS) is 15.1. The molecule has 2 aromatic carbocycles. The highest BCUT2D eigenvalue weighted by Gasteiger charge is 2.28. The summed E-state index contributed by atoms with van der Waals surface area (Å²) in [7, 11) is 0. The van der Waals surface area contributed by atoms with Gasteiger partial charge in [-0.15, -0.1) is 11.3 Å². The van der Waals surface area contributed by atoms with E-state index < -0.39 is 4.92 Å². The first-order valence-electron chi connectivity index (χ1n) is 11.0. The number of carbonyl (C=O) groups is 1. The van der Waals surface area contributed by atoms with Gasteiger partial charge in [-0.2, -0.15) is 0 Å². The number of anilines is 2. The summed E-state index contributed by atoms with van der Waals surface area (Å²) in [4.78, 5) is 29.8. The highest BCUT2D eigenvalue weighted by Crippen LogP contribution is 2.36. The second-order valence-electron chi connectivity index (χ2n) is 7.86. The molecule has 0 atom stereocenters. The van der Waals surface area contributed by atoms with Gasteiger partial charge in [0.2, 0.25) is 0 Å². The number of benzene rings is 2. The van der Waals surface area contributed by atoms with Crippen molar-refractivity contribution >= 4 is 34.3 Å². The van der Waals surface area contributed by atoms with Crippen LogP contribution in [0.2, 0.25) is 0 Å². The molecular formula is C24H23N3O6S. The lowest BCUT2D eigenvalue weighted by Gasteiger charge is -2.32. The van der Waals surface area contributed by atoms with E-state index in [1.807, 2.05) is 28.5 Å². The zero-order valence-electron chi connectivity index (χ0n) is 18.3. The van der Waals surface area contributed by atoms with Crippen LogP contribution in [0.3, 0.4) is 0 Å². The third-order valence-corrected chi connectivity index (χ3v) is 6.61. The Morgan fingerprint density at radius 1 is 1.03 bits per heavy atom. The van der Waals surface area contributed by atoms with E-state index >= 15 is 0 Å². The molecule has 2 aliphatic heterocycles. The molecule has 0 saturated carbocycles. The molecule has 0 aliphatic carbocycles. The molecule has 34 heavy (non-hydrogen) atoms. The first-order valence-corrected chi connectivity index (χ1v) is 11.8. The smallest absolute Gasteiger partial charge is 0.270 e. The van der Waals surface area contributed by atoms with Crippen molar-refractivity contribution in [2.75, 3.05) is 49.3 Å². The molecular weight excluding hydrogens is 458 g/mol.